The van der Waals surface area contributed by atoms with Crippen molar-refractivity contribution >= 4 is 42.6 Å². The van der Waals surface area contributed by atoms with Crippen LogP contribution in [0.2, 0.25) is 0 Å². The largest absolute Gasteiger partial charge is 0.302 e. The predicted octanol–water partition coefficient (Wildman–Crippen LogP) is 2.62. The Labute approximate surface area is 139 Å². The molecule has 1 N–H and O–H groups in total. The van der Waals surface area contributed by atoms with Crippen LogP contribution in [0.4, 0.5) is 5.13 Å². The van der Waals surface area contributed by atoms with E-state index in [4.69, 9.17) is 0 Å². The summed E-state index contributed by atoms with van der Waals surface area (Å²) in [6.07, 6.45) is 3.06. The molecule has 2 rings (SSSR count). The third kappa shape index (κ3) is 3.84. The van der Waals surface area contributed by atoms with E-state index in [1.807, 2.05) is 0 Å². The number of thiazole rings is 1. The molecule has 1 heterocycles. The van der Waals surface area contributed by atoms with Crippen LogP contribution in [0.3, 0.4) is 0 Å². The van der Waals surface area contributed by atoms with Crippen molar-refractivity contribution in [3.8, 4) is 0 Å². The molecule has 0 aliphatic rings. The van der Waals surface area contributed by atoms with Crippen LogP contribution in [0.25, 0.3) is 10.2 Å². The molecular formula is C15H17N3O3S2. The fourth-order valence-corrected chi connectivity index (χ4v) is 4.41. The molecule has 0 fully saturated rings. The lowest BCUT2D eigenvalue weighted by Crippen LogP contribution is -2.31. The molecule has 8 heteroatoms. The summed E-state index contributed by atoms with van der Waals surface area (Å²) in [6, 6.07) is 4.70. The summed E-state index contributed by atoms with van der Waals surface area (Å²) < 4.78 is 27.3. The number of benzene rings is 1. The van der Waals surface area contributed by atoms with E-state index in [0.717, 1.165) is 0 Å². The Morgan fingerprint density at radius 1 is 1.35 bits per heavy atom. The van der Waals surface area contributed by atoms with Crippen molar-refractivity contribution in [2.45, 2.75) is 11.8 Å². The molecule has 0 spiro atoms. The van der Waals surface area contributed by atoms with Gasteiger partial charge in [-0.15, -0.1) is 13.2 Å². The first-order chi connectivity index (χ1) is 10.9. The summed E-state index contributed by atoms with van der Waals surface area (Å²) in [5.41, 5.74) is 0.636. The molecule has 0 aliphatic heterocycles. The highest BCUT2D eigenvalue weighted by Crippen LogP contribution is 2.29. The Morgan fingerprint density at radius 3 is 2.57 bits per heavy atom. The van der Waals surface area contributed by atoms with Crippen molar-refractivity contribution in [3.05, 3.63) is 43.5 Å². The first kappa shape index (κ1) is 17.3. The molecule has 0 unspecified atom stereocenters. The Morgan fingerprint density at radius 2 is 2.00 bits per heavy atom. The van der Waals surface area contributed by atoms with Crippen LogP contribution in [-0.2, 0) is 14.8 Å². The maximum Gasteiger partial charge on any atom is 0.243 e. The van der Waals surface area contributed by atoms with Crippen LogP contribution >= 0.6 is 11.3 Å². The third-order valence-corrected chi connectivity index (χ3v) is 5.71. The summed E-state index contributed by atoms with van der Waals surface area (Å²) in [5, 5.41) is 3.04. The number of nitrogens with one attached hydrogen (secondary N) is 1. The smallest absolute Gasteiger partial charge is 0.243 e. The molecule has 0 aliphatic carbocycles. The van der Waals surface area contributed by atoms with Gasteiger partial charge in [-0.1, -0.05) is 23.5 Å². The average molecular weight is 351 g/mol. The summed E-state index contributed by atoms with van der Waals surface area (Å²) in [4.78, 5) is 15.5. The minimum absolute atomic E-state index is 0.173. The van der Waals surface area contributed by atoms with E-state index in [1.165, 1.54) is 40.8 Å². The van der Waals surface area contributed by atoms with E-state index in [9.17, 15) is 13.2 Å². The minimum atomic E-state index is -3.65. The zero-order chi connectivity index (χ0) is 17.0. The molecule has 0 atom stereocenters. The maximum atomic E-state index is 12.7. The molecule has 0 bridgehead atoms. The number of carbonyl (C=O) groups is 1. The molecule has 2 aromatic rings. The van der Waals surface area contributed by atoms with Crippen LogP contribution in [0, 0.1) is 0 Å². The summed E-state index contributed by atoms with van der Waals surface area (Å²) in [6.45, 7) is 8.96. The Hall–Kier alpha value is -2.03. The van der Waals surface area contributed by atoms with Gasteiger partial charge in [0.1, 0.15) is 0 Å². The number of carbonyl (C=O) groups excluding carboxylic acids is 1. The molecule has 1 aromatic carbocycles. The van der Waals surface area contributed by atoms with Gasteiger partial charge in [-0.05, 0) is 18.2 Å². The first-order valence-corrected chi connectivity index (χ1v) is 9.04. The quantitative estimate of drug-likeness (QED) is 0.778. The van der Waals surface area contributed by atoms with E-state index < -0.39 is 10.0 Å². The second-order valence-electron chi connectivity index (χ2n) is 4.73. The van der Waals surface area contributed by atoms with Crippen molar-refractivity contribution in [3.63, 3.8) is 0 Å². The van der Waals surface area contributed by atoms with Gasteiger partial charge in [0.15, 0.2) is 5.13 Å². The number of rotatable bonds is 7. The lowest BCUT2D eigenvalue weighted by molar-refractivity contribution is -0.114. The van der Waals surface area contributed by atoms with Crippen LogP contribution in [-0.4, -0.2) is 36.7 Å². The fraction of sp³-hybridized carbons (Fsp3) is 0.200. The van der Waals surface area contributed by atoms with Crippen LogP contribution in [0.1, 0.15) is 6.92 Å². The van der Waals surface area contributed by atoms with Gasteiger partial charge < -0.3 is 5.32 Å². The fourth-order valence-electron chi connectivity index (χ4n) is 1.98. The highest BCUT2D eigenvalue weighted by molar-refractivity contribution is 7.89. The van der Waals surface area contributed by atoms with Crippen molar-refractivity contribution in [2.75, 3.05) is 18.4 Å². The Bertz CT molecular complexity index is 846. The van der Waals surface area contributed by atoms with Crippen molar-refractivity contribution in [1.29, 1.82) is 0 Å². The standard InChI is InChI=1S/C15H17N3O3S2/c1-4-8-18(9-5-2)23(20,21)12-6-7-13-14(10-12)22-15(17-13)16-11(3)19/h4-7,10H,1-2,8-9H2,3H3,(H,16,17,19). The van der Waals surface area contributed by atoms with Gasteiger partial charge in [0.05, 0.1) is 15.1 Å². The van der Waals surface area contributed by atoms with Crippen LogP contribution in [0.5, 0.6) is 0 Å². The predicted molar refractivity (Wildman–Crippen MR) is 93.1 cm³/mol. The van der Waals surface area contributed by atoms with Gasteiger partial charge in [-0.3, -0.25) is 4.79 Å². The summed E-state index contributed by atoms with van der Waals surface area (Å²) in [7, 11) is -3.65. The number of amides is 1. The molecule has 6 nitrogen and oxygen atoms in total. The molecule has 0 saturated carbocycles. The SMILES string of the molecule is C=CCN(CC=C)S(=O)(=O)c1ccc2nc(NC(C)=O)sc2c1. The van der Waals surface area contributed by atoms with Gasteiger partial charge in [0, 0.05) is 20.0 Å². The lowest BCUT2D eigenvalue weighted by Gasteiger charge is -2.18. The second-order valence-corrected chi connectivity index (χ2v) is 7.70. The number of aromatic nitrogens is 1. The number of sulfonamides is 1. The van der Waals surface area contributed by atoms with Gasteiger partial charge in [0.25, 0.3) is 0 Å². The molecular weight excluding hydrogens is 334 g/mol. The molecule has 0 saturated heterocycles. The first-order valence-electron chi connectivity index (χ1n) is 6.78. The van der Waals surface area contributed by atoms with E-state index in [2.05, 4.69) is 23.5 Å². The van der Waals surface area contributed by atoms with E-state index in [-0.39, 0.29) is 23.9 Å². The second kappa shape index (κ2) is 7.03. The number of nitrogens with zero attached hydrogens (tertiary/aromatic N) is 2. The molecule has 122 valence electrons. The summed E-state index contributed by atoms with van der Waals surface area (Å²) >= 11 is 1.23. The normalized spacial score (nSPS) is 11.6. The van der Waals surface area contributed by atoms with Crippen molar-refractivity contribution < 1.29 is 13.2 Å². The van der Waals surface area contributed by atoms with Gasteiger partial charge in [-0.2, -0.15) is 4.31 Å². The van der Waals surface area contributed by atoms with E-state index in [0.29, 0.717) is 15.3 Å². The van der Waals surface area contributed by atoms with Gasteiger partial charge in [0.2, 0.25) is 15.9 Å². The number of fused-ring (bicyclic) bond motifs is 1. The zero-order valence-electron chi connectivity index (χ0n) is 12.7. The highest BCUT2D eigenvalue weighted by Gasteiger charge is 2.23. The number of anilines is 1. The maximum absolute atomic E-state index is 12.7. The molecule has 1 aromatic heterocycles. The zero-order valence-corrected chi connectivity index (χ0v) is 14.3. The van der Waals surface area contributed by atoms with Crippen molar-refractivity contribution in [1.82, 2.24) is 9.29 Å². The van der Waals surface area contributed by atoms with E-state index >= 15 is 0 Å². The minimum Gasteiger partial charge on any atom is -0.302 e. The van der Waals surface area contributed by atoms with Crippen LogP contribution < -0.4 is 5.32 Å². The third-order valence-electron chi connectivity index (χ3n) is 2.95. The topological polar surface area (TPSA) is 79.4 Å². The Kier molecular flexibility index (Phi) is 5.30. The molecule has 1 amide bonds. The highest BCUT2D eigenvalue weighted by atomic mass is 32.2. The average Bonchev–Trinajstić information content (AvgIpc) is 2.87. The number of hydrogen-bond donors (Lipinski definition) is 1. The Balaban J connectivity index is 2.43. The van der Waals surface area contributed by atoms with Gasteiger partial charge >= 0.3 is 0 Å². The number of hydrogen-bond acceptors (Lipinski definition) is 5. The lowest BCUT2D eigenvalue weighted by atomic mass is 10.3. The van der Waals surface area contributed by atoms with E-state index in [1.54, 1.807) is 12.1 Å². The van der Waals surface area contributed by atoms with Crippen LogP contribution in [0.15, 0.2) is 48.4 Å². The van der Waals surface area contributed by atoms with Gasteiger partial charge in [-0.25, -0.2) is 13.4 Å². The molecule has 0 radical (unpaired) electrons. The monoisotopic (exact) mass is 351 g/mol. The molecule has 23 heavy (non-hydrogen) atoms. The summed E-state index contributed by atoms with van der Waals surface area (Å²) in [5.74, 6) is -0.222. The van der Waals surface area contributed by atoms with Crippen molar-refractivity contribution in [2.24, 2.45) is 0 Å².